The van der Waals surface area contributed by atoms with Crippen molar-refractivity contribution in [3.63, 3.8) is 0 Å². The average molecular weight is 590 g/mol. The standard InChI is InChI=1S/C31H33N5O3S.H2S/c37-31(34-27-12-6-22(7-13-27)21-36-15-17-40(38,39)18-16-36)26-4-1-3-25(19-26)23-8-10-24(11-9-23)29-20-33-30(35-29)28-5-2-14-32-28;/h1,3-4,6-13,19-20,28,32H,2,5,14-18,21H2,(H,33,35)(H,34,37);1H2/t28-;/m0./s1. The second-order valence-corrected chi connectivity index (χ2v) is 12.9. The van der Waals surface area contributed by atoms with Gasteiger partial charge in [0.05, 0.1) is 29.4 Å². The number of amides is 1. The van der Waals surface area contributed by atoms with Gasteiger partial charge in [-0.2, -0.15) is 13.5 Å². The van der Waals surface area contributed by atoms with E-state index >= 15 is 0 Å². The summed E-state index contributed by atoms with van der Waals surface area (Å²) in [6.07, 6.45) is 4.17. The number of hydrogen-bond acceptors (Lipinski definition) is 6. The molecule has 0 unspecified atom stereocenters. The Hall–Kier alpha value is -3.44. The van der Waals surface area contributed by atoms with Gasteiger partial charge in [-0.3, -0.25) is 9.69 Å². The first-order valence-electron chi connectivity index (χ1n) is 13.7. The molecule has 0 bridgehead atoms. The molecule has 6 rings (SSSR count). The maximum Gasteiger partial charge on any atom is 0.255 e. The van der Waals surface area contributed by atoms with E-state index in [-0.39, 0.29) is 30.9 Å². The summed E-state index contributed by atoms with van der Waals surface area (Å²) in [4.78, 5) is 23.2. The lowest BCUT2D eigenvalue weighted by Gasteiger charge is -2.26. The van der Waals surface area contributed by atoms with Gasteiger partial charge in [-0.1, -0.05) is 48.5 Å². The molecule has 41 heavy (non-hydrogen) atoms. The van der Waals surface area contributed by atoms with Crippen LogP contribution in [0.1, 0.15) is 40.6 Å². The molecule has 214 valence electrons. The molecule has 8 nitrogen and oxygen atoms in total. The third-order valence-corrected chi connectivity index (χ3v) is 9.30. The lowest BCUT2D eigenvalue weighted by molar-refractivity contribution is 0.102. The number of nitrogens with zero attached hydrogens (tertiary/aromatic N) is 2. The van der Waals surface area contributed by atoms with Crippen LogP contribution < -0.4 is 10.6 Å². The van der Waals surface area contributed by atoms with Gasteiger partial charge in [0.15, 0.2) is 9.84 Å². The zero-order valence-corrected chi connectivity index (χ0v) is 24.6. The molecule has 2 aliphatic rings. The molecule has 2 saturated heterocycles. The number of carbonyl (C=O) groups excluding carboxylic acids is 1. The molecule has 0 saturated carbocycles. The summed E-state index contributed by atoms with van der Waals surface area (Å²) in [5.41, 5.74) is 6.47. The number of imidazole rings is 1. The van der Waals surface area contributed by atoms with Crippen LogP contribution in [0.5, 0.6) is 0 Å². The zero-order chi connectivity index (χ0) is 27.5. The van der Waals surface area contributed by atoms with Gasteiger partial charge in [0, 0.05) is 30.9 Å². The quantitative estimate of drug-likeness (QED) is 0.287. The fraction of sp³-hybridized carbons (Fsp3) is 0.290. The molecule has 3 heterocycles. The molecule has 0 spiro atoms. The predicted octanol–water partition coefficient (Wildman–Crippen LogP) is 4.76. The molecule has 3 aromatic carbocycles. The Labute approximate surface area is 248 Å². The van der Waals surface area contributed by atoms with Crippen LogP contribution in [-0.2, 0) is 16.4 Å². The molecular weight excluding hydrogens is 555 g/mol. The zero-order valence-electron chi connectivity index (χ0n) is 22.8. The second-order valence-electron chi connectivity index (χ2n) is 10.6. The maximum absolute atomic E-state index is 13.0. The highest BCUT2D eigenvalue weighted by atomic mass is 32.2. The predicted molar refractivity (Wildman–Crippen MR) is 168 cm³/mol. The van der Waals surface area contributed by atoms with Gasteiger partial charge in [0.25, 0.3) is 5.91 Å². The van der Waals surface area contributed by atoms with Gasteiger partial charge in [0.2, 0.25) is 0 Å². The third kappa shape index (κ3) is 7.08. The molecule has 1 amide bonds. The SMILES string of the molecule is O=C(Nc1ccc(CN2CCS(=O)(=O)CC2)cc1)c1cccc(-c2ccc(-c3cnc([C@@H]4CCCN4)[nH]3)cc2)c1.S. The summed E-state index contributed by atoms with van der Waals surface area (Å²) in [6.45, 7) is 2.85. The van der Waals surface area contributed by atoms with E-state index in [0.717, 1.165) is 52.4 Å². The molecule has 2 fully saturated rings. The van der Waals surface area contributed by atoms with E-state index < -0.39 is 9.84 Å². The van der Waals surface area contributed by atoms with E-state index in [2.05, 4.69) is 49.8 Å². The molecule has 10 heteroatoms. The van der Waals surface area contributed by atoms with Crippen molar-refractivity contribution in [1.82, 2.24) is 20.2 Å². The normalized spacial score (nSPS) is 18.5. The lowest BCUT2D eigenvalue weighted by atomic mass is 10.0. The Bertz CT molecular complexity index is 1580. The Kier molecular flexibility index (Phi) is 8.94. The fourth-order valence-corrected chi connectivity index (χ4v) is 6.60. The van der Waals surface area contributed by atoms with Crippen LogP contribution in [0.3, 0.4) is 0 Å². The lowest BCUT2D eigenvalue weighted by Crippen LogP contribution is -2.39. The Balaban J connectivity index is 0.00000337. The summed E-state index contributed by atoms with van der Waals surface area (Å²) in [6, 6.07) is 23.9. The van der Waals surface area contributed by atoms with E-state index in [1.54, 1.807) is 0 Å². The first kappa shape index (κ1) is 29.1. The van der Waals surface area contributed by atoms with Gasteiger partial charge < -0.3 is 15.6 Å². The van der Waals surface area contributed by atoms with Crippen LogP contribution in [0, 0.1) is 0 Å². The van der Waals surface area contributed by atoms with E-state index in [1.165, 1.54) is 6.42 Å². The molecule has 1 aromatic heterocycles. The monoisotopic (exact) mass is 589 g/mol. The van der Waals surface area contributed by atoms with Crippen molar-refractivity contribution in [3.05, 3.63) is 95.9 Å². The van der Waals surface area contributed by atoms with Crippen molar-refractivity contribution in [2.45, 2.75) is 25.4 Å². The van der Waals surface area contributed by atoms with Gasteiger partial charge >= 0.3 is 0 Å². The van der Waals surface area contributed by atoms with Crippen LogP contribution >= 0.6 is 13.5 Å². The maximum atomic E-state index is 13.0. The van der Waals surface area contributed by atoms with Crippen LogP contribution in [0.25, 0.3) is 22.4 Å². The van der Waals surface area contributed by atoms with Crippen molar-refractivity contribution < 1.29 is 13.2 Å². The van der Waals surface area contributed by atoms with Crippen molar-refractivity contribution in [3.8, 4) is 22.4 Å². The highest BCUT2D eigenvalue weighted by molar-refractivity contribution is 7.91. The third-order valence-electron chi connectivity index (χ3n) is 7.69. The summed E-state index contributed by atoms with van der Waals surface area (Å²) in [7, 11) is -2.89. The fourth-order valence-electron chi connectivity index (χ4n) is 5.32. The highest BCUT2D eigenvalue weighted by Gasteiger charge is 2.22. The number of sulfone groups is 1. The number of rotatable bonds is 7. The Morgan fingerprint density at radius 3 is 2.39 bits per heavy atom. The van der Waals surface area contributed by atoms with Gasteiger partial charge in [-0.25, -0.2) is 13.4 Å². The summed E-state index contributed by atoms with van der Waals surface area (Å²) in [5.74, 6) is 1.25. The molecule has 3 N–H and O–H groups in total. The first-order valence-corrected chi connectivity index (χ1v) is 15.6. The first-order chi connectivity index (χ1) is 19.4. The van der Waals surface area contributed by atoms with Gasteiger partial charge in [-0.15, -0.1) is 0 Å². The van der Waals surface area contributed by atoms with Crippen LogP contribution in [0.15, 0.2) is 79.0 Å². The van der Waals surface area contributed by atoms with Crippen LogP contribution in [-0.4, -0.2) is 60.3 Å². The average Bonchev–Trinajstić information content (AvgIpc) is 3.68. The van der Waals surface area contributed by atoms with E-state index in [4.69, 9.17) is 0 Å². The molecular formula is C31H35N5O3S2. The van der Waals surface area contributed by atoms with E-state index in [9.17, 15) is 13.2 Å². The Morgan fingerprint density at radius 1 is 0.951 bits per heavy atom. The number of nitrogens with one attached hydrogen (secondary N) is 3. The molecule has 0 radical (unpaired) electrons. The van der Waals surface area contributed by atoms with Gasteiger partial charge in [-0.05, 0) is 65.9 Å². The largest absolute Gasteiger partial charge is 0.341 e. The van der Waals surface area contributed by atoms with Crippen molar-refractivity contribution >= 4 is 34.9 Å². The topological polar surface area (TPSA) is 107 Å². The van der Waals surface area contributed by atoms with Crippen molar-refractivity contribution in [1.29, 1.82) is 0 Å². The second kappa shape index (κ2) is 12.6. The van der Waals surface area contributed by atoms with E-state index in [0.29, 0.717) is 31.2 Å². The summed E-state index contributed by atoms with van der Waals surface area (Å²) >= 11 is 0. The number of anilines is 1. The smallest absolute Gasteiger partial charge is 0.255 e. The number of aromatic amines is 1. The van der Waals surface area contributed by atoms with Crippen molar-refractivity contribution in [2.75, 3.05) is 36.5 Å². The van der Waals surface area contributed by atoms with E-state index in [1.807, 2.05) is 54.7 Å². The number of aromatic nitrogens is 2. The highest BCUT2D eigenvalue weighted by Crippen LogP contribution is 2.27. The number of hydrogen-bond donors (Lipinski definition) is 3. The number of benzene rings is 3. The van der Waals surface area contributed by atoms with Crippen LogP contribution in [0.4, 0.5) is 5.69 Å². The molecule has 0 aliphatic carbocycles. The molecule has 4 aromatic rings. The minimum Gasteiger partial charge on any atom is -0.341 e. The summed E-state index contributed by atoms with van der Waals surface area (Å²) in [5, 5.41) is 6.46. The minimum absolute atomic E-state index is 0. The van der Waals surface area contributed by atoms with Gasteiger partial charge in [0.1, 0.15) is 5.82 Å². The summed E-state index contributed by atoms with van der Waals surface area (Å²) < 4.78 is 23.3. The Morgan fingerprint density at radius 2 is 1.68 bits per heavy atom. The molecule has 1 atom stereocenters. The molecule has 2 aliphatic heterocycles. The number of H-pyrrole nitrogens is 1. The van der Waals surface area contributed by atoms with Crippen LogP contribution in [0.2, 0.25) is 0 Å². The minimum atomic E-state index is -2.89. The number of carbonyl (C=O) groups is 1. The van der Waals surface area contributed by atoms with Crippen molar-refractivity contribution in [2.24, 2.45) is 0 Å².